The van der Waals surface area contributed by atoms with Crippen LogP contribution in [0.2, 0.25) is 16.6 Å². The lowest BCUT2D eigenvalue weighted by Gasteiger charge is -2.40. The third-order valence-electron chi connectivity index (χ3n) is 5.73. The van der Waals surface area contributed by atoms with Crippen molar-refractivity contribution in [2.24, 2.45) is 11.8 Å². The Morgan fingerprint density at radius 3 is 2.60 bits per heavy atom. The van der Waals surface area contributed by atoms with Gasteiger partial charge in [-0.15, -0.1) is 0 Å². The second-order valence-corrected chi connectivity index (χ2v) is 12.2. The molecule has 0 aromatic carbocycles. The van der Waals surface area contributed by atoms with Crippen LogP contribution in [0.4, 0.5) is 0 Å². The Balaban J connectivity index is 1.99. The Bertz CT molecular complexity index is 417. The summed E-state index contributed by atoms with van der Waals surface area (Å²) in [5.41, 5.74) is 3.55. The molecule has 112 valence electrons. The Hall–Kier alpha value is -0.383. The van der Waals surface area contributed by atoms with E-state index in [9.17, 15) is 0 Å². The van der Waals surface area contributed by atoms with Gasteiger partial charge in [-0.05, 0) is 29.0 Å². The maximum atomic E-state index is 6.63. The summed E-state index contributed by atoms with van der Waals surface area (Å²) in [4.78, 5) is 0. The fourth-order valence-electron chi connectivity index (χ4n) is 4.78. The first kappa shape index (κ1) is 14.5. The molecule has 3 aliphatic rings. The molecule has 0 radical (unpaired) electrons. The van der Waals surface area contributed by atoms with E-state index in [0.717, 1.165) is 26.2 Å². The van der Waals surface area contributed by atoms with Gasteiger partial charge >= 0.3 is 0 Å². The summed E-state index contributed by atoms with van der Waals surface area (Å²) >= 11 is 0. The van der Waals surface area contributed by atoms with Gasteiger partial charge in [0.2, 0.25) is 8.32 Å². The van der Waals surface area contributed by atoms with Crippen LogP contribution in [0.25, 0.3) is 0 Å². The summed E-state index contributed by atoms with van der Waals surface area (Å²) < 4.78 is 12.4. The molecule has 0 unspecified atom stereocenters. The molecule has 1 aliphatic carbocycles. The summed E-state index contributed by atoms with van der Waals surface area (Å²) in [6.07, 6.45) is 8.34. The molecule has 2 aliphatic heterocycles. The highest BCUT2D eigenvalue weighted by molar-refractivity contribution is 6.78. The van der Waals surface area contributed by atoms with Crippen LogP contribution < -0.4 is 0 Å². The first-order chi connectivity index (χ1) is 9.57. The van der Waals surface area contributed by atoms with Crippen molar-refractivity contribution in [2.45, 2.75) is 50.7 Å². The van der Waals surface area contributed by atoms with Crippen LogP contribution >= 0.6 is 0 Å². The van der Waals surface area contributed by atoms with Crippen molar-refractivity contribution in [1.82, 2.24) is 0 Å². The molecule has 2 heterocycles. The average molecular weight is 292 g/mol. The zero-order valence-electron chi connectivity index (χ0n) is 13.3. The van der Waals surface area contributed by atoms with E-state index in [0.29, 0.717) is 28.5 Å². The highest BCUT2D eigenvalue weighted by Crippen LogP contribution is 2.55. The largest absolute Gasteiger partial charge is 0.415 e. The minimum Gasteiger partial charge on any atom is -0.415 e. The third kappa shape index (κ3) is 2.06. The van der Waals surface area contributed by atoms with Gasteiger partial charge < -0.3 is 9.16 Å². The monoisotopic (exact) mass is 292 g/mol. The van der Waals surface area contributed by atoms with Crippen molar-refractivity contribution >= 4 is 8.32 Å². The lowest BCUT2D eigenvalue weighted by molar-refractivity contribution is 0.163. The fraction of sp³-hybridized carbons (Fsp3) is 0.765. The predicted octanol–water partition coefficient (Wildman–Crippen LogP) is 4.30. The smallest absolute Gasteiger partial charge is 0.204 e. The summed E-state index contributed by atoms with van der Waals surface area (Å²) in [7, 11) is -1.73. The van der Waals surface area contributed by atoms with Crippen molar-refractivity contribution in [2.75, 3.05) is 19.8 Å². The third-order valence-corrected chi connectivity index (χ3v) is 11.7. The second-order valence-electron chi connectivity index (χ2n) is 7.23. The molecule has 0 aromatic rings. The molecule has 0 saturated carbocycles. The zero-order chi connectivity index (χ0) is 14.3. The van der Waals surface area contributed by atoms with Crippen molar-refractivity contribution in [3.05, 3.63) is 23.8 Å². The van der Waals surface area contributed by atoms with Gasteiger partial charge in [-0.1, -0.05) is 45.9 Å². The Morgan fingerprint density at radius 2 is 1.90 bits per heavy atom. The van der Waals surface area contributed by atoms with E-state index in [4.69, 9.17) is 9.16 Å². The molecule has 2 nitrogen and oxygen atoms in total. The van der Waals surface area contributed by atoms with Crippen molar-refractivity contribution in [1.29, 1.82) is 0 Å². The highest BCUT2D eigenvalue weighted by Gasteiger charge is 2.57. The predicted molar refractivity (Wildman–Crippen MR) is 85.3 cm³/mol. The van der Waals surface area contributed by atoms with E-state index >= 15 is 0 Å². The first-order valence-electron chi connectivity index (χ1n) is 8.14. The van der Waals surface area contributed by atoms with E-state index < -0.39 is 8.32 Å². The van der Waals surface area contributed by atoms with Crippen LogP contribution in [0.1, 0.15) is 34.1 Å². The normalized spacial score (nSPS) is 39.9. The number of rotatable bonds is 2. The van der Waals surface area contributed by atoms with Gasteiger partial charge in [0.05, 0.1) is 13.2 Å². The first-order valence-corrected chi connectivity index (χ1v) is 10.3. The molecule has 3 atom stereocenters. The molecule has 0 amide bonds. The number of allylic oxidation sites excluding steroid dienone is 3. The minimum absolute atomic E-state index is 0.608. The highest BCUT2D eigenvalue weighted by atomic mass is 28.4. The molecule has 2 saturated heterocycles. The summed E-state index contributed by atoms with van der Waals surface area (Å²) in [6, 6.07) is 0. The van der Waals surface area contributed by atoms with Crippen LogP contribution in [0, 0.1) is 11.8 Å². The van der Waals surface area contributed by atoms with E-state index in [-0.39, 0.29) is 0 Å². The van der Waals surface area contributed by atoms with Gasteiger partial charge in [0, 0.05) is 18.1 Å². The standard InChI is InChI=1S/C17H28O2Si/c1-12(2)20(13(3)4)17-8-6-5-7-14-9-18-10-15(14)16(17)11-19-20/h6-8,12-13,15-17H,5,9-11H2,1-4H3/b8-6-,14-7-/t15-,16+,17+/m1/s1. The van der Waals surface area contributed by atoms with Gasteiger partial charge in [-0.3, -0.25) is 0 Å². The SMILES string of the molecule is CC(C)[Si]1(C(C)C)OC[C@H]2[C@@H]3COC/C3=C/C/C=C\[C@@H]21. The van der Waals surface area contributed by atoms with Gasteiger partial charge in [0.1, 0.15) is 0 Å². The molecule has 0 spiro atoms. The molecular weight excluding hydrogens is 264 g/mol. The van der Waals surface area contributed by atoms with E-state index in [2.05, 4.69) is 45.9 Å². The number of fused-ring (bicyclic) bond motifs is 3. The zero-order valence-corrected chi connectivity index (χ0v) is 14.3. The van der Waals surface area contributed by atoms with Crippen LogP contribution in [0.5, 0.6) is 0 Å². The molecule has 0 N–H and O–H groups in total. The van der Waals surface area contributed by atoms with E-state index in [1.54, 1.807) is 0 Å². The fourth-order valence-corrected chi connectivity index (χ4v) is 10.4. The van der Waals surface area contributed by atoms with E-state index in [1.807, 2.05) is 0 Å². The van der Waals surface area contributed by atoms with Gasteiger partial charge in [-0.25, -0.2) is 0 Å². The second kappa shape index (κ2) is 5.43. The maximum Gasteiger partial charge on any atom is 0.204 e. The molecule has 3 rings (SSSR count). The molecule has 20 heavy (non-hydrogen) atoms. The molecular formula is C17H28O2Si. The van der Waals surface area contributed by atoms with Crippen molar-refractivity contribution in [3.8, 4) is 0 Å². The molecule has 0 aromatic heterocycles. The number of hydrogen-bond acceptors (Lipinski definition) is 2. The Morgan fingerprint density at radius 1 is 1.15 bits per heavy atom. The summed E-state index contributed by atoms with van der Waals surface area (Å²) in [5, 5.41) is 0. The minimum atomic E-state index is -1.73. The number of hydrogen-bond donors (Lipinski definition) is 0. The molecule has 0 bridgehead atoms. The van der Waals surface area contributed by atoms with Crippen LogP contribution in [-0.4, -0.2) is 28.1 Å². The molecule has 2 fully saturated rings. The molecule has 3 heteroatoms. The van der Waals surface area contributed by atoms with Crippen molar-refractivity contribution < 1.29 is 9.16 Å². The lowest BCUT2D eigenvalue weighted by atomic mass is 9.84. The quantitative estimate of drug-likeness (QED) is 0.558. The maximum absolute atomic E-state index is 6.63. The van der Waals surface area contributed by atoms with E-state index in [1.165, 1.54) is 5.57 Å². The van der Waals surface area contributed by atoms with Gasteiger partial charge in [0.15, 0.2) is 0 Å². The lowest BCUT2D eigenvalue weighted by Crippen LogP contribution is -2.45. The van der Waals surface area contributed by atoms with Gasteiger partial charge in [-0.2, -0.15) is 0 Å². The van der Waals surface area contributed by atoms with Crippen molar-refractivity contribution in [3.63, 3.8) is 0 Å². The summed E-state index contributed by atoms with van der Waals surface area (Å²) in [6.45, 7) is 12.2. The Kier molecular flexibility index (Phi) is 3.95. The average Bonchev–Trinajstić information content (AvgIpc) is 2.95. The number of ether oxygens (including phenoxy) is 1. The van der Waals surface area contributed by atoms with Gasteiger partial charge in [0.25, 0.3) is 0 Å². The van der Waals surface area contributed by atoms with Crippen LogP contribution in [0.3, 0.4) is 0 Å². The van der Waals surface area contributed by atoms with Crippen LogP contribution in [-0.2, 0) is 9.16 Å². The topological polar surface area (TPSA) is 18.5 Å². The van der Waals surface area contributed by atoms with Crippen LogP contribution in [0.15, 0.2) is 23.8 Å². The summed E-state index contributed by atoms with van der Waals surface area (Å²) in [5.74, 6) is 1.26. The Labute approximate surface area is 124 Å².